The van der Waals surface area contributed by atoms with Crippen molar-refractivity contribution in [2.24, 2.45) is 0 Å². The van der Waals surface area contributed by atoms with Crippen LogP contribution in [0, 0.1) is 27.7 Å². The molecule has 3 aromatic carbocycles. The lowest BCUT2D eigenvalue weighted by Crippen LogP contribution is -2.23. The van der Waals surface area contributed by atoms with Crippen LogP contribution >= 0.6 is 0 Å². The lowest BCUT2D eigenvalue weighted by atomic mass is 9.95. The molecule has 0 aliphatic rings. The summed E-state index contributed by atoms with van der Waals surface area (Å²) in [7, 11) is 0. The molecule has 0 aliphatic carbocycles. The summed E-state index contributed by atoms with van der Waals surface area (Å²) in [5.74, 6) is 0.261. The Morgan fingerprint density at radius 2 is 1.58 bits per heavy atom. The van der Waals surface area contributed by atoms with Crippen molar-refractivity contribution in [1.82, 2.24) is 20.3 Å². The third-order valence-electron chi connectivity index (χ3n) is 6.24. The van der Waals surface area contributed by atoms with Crippen LogP contribution in [0.15, 0.2) is 83.5 Å². The van der Waals surface area contributed by atoms with Crippen LogP contribution in [0.3, 0.4) is 0 Å². The van der Waals surface area contributed by atoms with Gasteiger partial charge in [-0.3, -0.25) is 4.79 Å². The van der Waals surface area contributed by atoms with E-state index in [9.17, 15) is 4.79 Å². The van der Waals surface area contributed by atoms with E-state index in [0.717, 1.165) is 44.8 Å². The van der Waals surface area contributed by atoms with Gasteiger partial charge in [0.2, 0.25) is 0 Å². The third-order valence-corrected chi connectivity index (χ3v) is 6.24. The minimum Gasteiger partial charge on any atom is -0.355 e. The smallest absolute Gasteiger partial charge is 0.273 e. The van der Waals surface area contributed by atoms with Gasteiger partial charge in [-0.25, -0.2) is 4.68 Å². The SMILES string of the molecule is Cc1ccc(-c2cc(C(=O)NCc3cn(-c4ccccc4)nc3-c3c(C)cc(C)cc3C)no2)cc1. The number of nitrogens with zero attached hydrogens (tertiary/aromatic N) is 3. The van der Waals surface area contributed by atoms with Gasteiger partial charge in [-0.2, -0.15) is 5.10 Å². The van der Waals surface area contributed by atoms with E-state index in [4.69, 9.17) is 9.62 Å². The van der Waals surface area contributed by atoms with Crippen molar-refractivity contribution in [1.29, 1.82) is 0 Å². The summed E-state index contributed by atoms with van der Waals surface area (Å²) in [6.07, 6.45) is 1.98. The van der Waals surface area contributed by atoms with E-state index in [1.807, 2.05) is 72.4 Å². The number of hydrogen-bond acceptors (Lipinski definition) is 4. The Morgan fingerprint density at radius 3 is 2.28 bits per heavy atom. The quantitative estimate of drug-likeness (QED) is 0.310. The van der Waals surface area contributed by atoms with Gasteiger partial charge in [0.1, 0.15) is 0 Å². The molecule has 180 valence electrons. The summed E-state index contributed by atoms with van der Waals surface area (Å²) < 4.78 is 7.30. The van der Waals surface area contributed by atoms with Gasteiger partial charge in [-0.15, -0.1) is 0 Å². The molecule has 1 N–H and O–H groups in total. The third kappa shape index (κ3) is 4.70. The molecular formula is C30H28N4O2. The van der Waals surface area contributed by atoms with Crippen LogP contribution in [0.5, 0.6) is 0 Å². The van der Waals surface area contributed by atoms with E-state index in [1.165, 1.54) is 5.56 Å². The number of benzene rings is 3. The van der Waals surface area contributed by atoms with E-state index in [1.54, 1.807) is 6.07 Å². The Morgan fingerprint density at radius 1 is 0.889 bits per heavy atom. The second kappa shape index (κ2) is 9.66. The zero-order chi connectivity index (χ0) is 25.2. The normalized spacial score (nSPS) is 11.0. The van der Waals surface area contributed by atoms with E-state index in [2.05, 4.69) is 43.4 Å². The average Bonchev–Trinajstić information content (AvgIpc) is 3.51. The Hall–Kier alpha value is -4.45. The van der Waals surface area contributed by atoms with Gasteiger partial charge >= 0.3 is 0 Å². The first kappa shape index (κ1) is 23.3. The molecule has 0 aliphatic heterocycles. The first-order valence-electron chi connectivity index (χ1n) is 11.9. The molecule has 1 amide bonds. The van der Waals surface area contributed by atoms with Crippen molar-refractivity contribution in [2.75, 3.05) is 0 Å². The molecule has 6 heteroatoms. The number of amides is 1. The maximum absolute atomic E-state index is 13.0. The zero-order valence-electron chi connectivity index (χ0n) is 20.9. The Balaban J connectivity index is 1.43. The fourth-order valence-corrected chi connectivity index (χ4v) is 4.52. The molecule has 0 radical (unpaired) electrons. The average molecular weight is 477 g/mol. The number of carbonyl (C=O) groups excluding carboxylic acids is 1. The van der Waals surface area contributed by atoms with Crippen molar-refractivity contribution in [2.45, 2.75) is 34.2 Å². The molecule has 5 aromatic rings. The number of nitrogens with one attached hydrogen (secondary N) is 1. The molecule has 36 heavy (non-hydrogen) atoms. The predicted molar refractivity (Wildman–Crippen MR) is 141 cm³/mol. The number of carbonyl (C=O) groups is 1. The summed E-state index contributed by atoms with van der Waals surface area (Å²) in [6.45, 7) is 8.62. The second-order valence-corrected chi connectivity index (χ2v) is 9.18. The molecule has 2 heterocycles. The van der Waals surface area contributed by atoms with E-state index >= 15 is 0 Å². The molecule has 0 atom stereocenters. The maximum Gasteiger partial charge on any atom is 0.273 e. The standard InChI is InChI=1S/C30H28N4O2/c1-19-10-12-23(13-11-19)27-16-26(33-36-27)30(35)31-17-24-18-34(25-8-6-5-7-9-25)32-29(24)28-21(3)14-20(2)15-22(28)4/h5-16,18H,17H2,1-4H3,(H,31,35). The molecule has 5 rings (SSSR count). The zero-order valence-corrected chi connectivity index (χ0v) is 20.9. The summed E-state index contributed by atoms with van der Waals surface area (Å²) in [5, 5.41) is 11.9. The van der Waals surface area contributed by atoms with Crippen molar-refractivity contribution in [3.8, 4) is 28.3 Å². The first-order valence-corrected chi connectivity index (χ1v) is 11.9. The molecule has 0 bridgehead atoms. The summed E-state index contributed by atoms with van der Waals surface area (Å²) in [5.41, 5.74) is 9.60. The molecule has 2 aromatic heterocycles. The highest BCUT2D eigenvalue weighted by Gasteiger charge is 2.19. The van der Waals surface area contributed by atoms with Crippen LogP contribution in [-0.4, -0.2) is 20.8 Å². The Kier molecular flexibility index (Phi) is 6.25. The van der Waals surface area contributed by atoms with Crippen LogP contribution in [0.1, 0.15) is 38.3 Å². The first-order chi connectivity index (χ1) is 17.4. The molecule has 6 nitrogen and oxygen atoms in total. The molecule has 0 saturated heterocycles. The monoisotopic (exact) mass is 476 g/mol. The number of rotatable bonds is 6. The molecule has 0 fully saturated rings. The van der Waals surface area contributed by atoms with Gasteiger partial charge < -0.3 is 9.84 Å². The topological polar surface area (TPSA) is 73.0 Å². The summed E-state index contributed by atoms with van der Waals surface area (Å²) in [4.78, 5) is 13.0. The lowest BCUT2D eigenvalue weighted by Gasteiger charge is -2.11. The molecule has 0 spiro atoms. The van der Waals surface area contributed by atoms with Crippen LogP contribution in [-0.2, 0) is 6.54 Å². The summed E-state index contributed by atoms with van der Waals surface area (Å²) in [6, 6.07) is 23.9. The van der Waals surface area contributed by atoms with Crippen molar-refractivity contribution in [3.05, 3.63) is 113 Å². The Labute approximate surface area is 210 Å². The van der Waals surface area contributed by atoms with Crippen molar-refractivity contribution >= 4 is 5.91 Å². The number of hydrogen-bond donors (Lipinski definition) is 1. The molecule has 0 unspecified atom stereocenters. The van der Waals surface area contributed by atoms with Gasteiger partial charge in [-0.1, -0.05) is 70.9 Å². The fraction of sp³-hybridized carbons (Fsp3) is 0.167. The van der Waals surface area contributed by atoms with Gasteiger partial charge in [-0.05, 0) is 51.0 Å². The molecular weight excluding hydrogens is 448 g/mol. The van der Waals surface area contributed by atoms with Gasteiger partial charge in [0, 0.05) is 35.5 Å². The fourth-order valence-electron chi connectivity index (χ4n) is 4.52. The second-order valence-electron chi connectivity index (χ2n) is 9.18. The predicted octanol–water partition coefficient (Wildman–Crippen LogP) is 6.36. The summed E-state index contributed by atoms with van der Waals surface area (Å²) >= 11 is 0. The minimum absolute atomic E-state index is 0.241. The van der Waals surface area contributed by atoms with Gasteiger partial charge in [0.05, 0.1) is 11.4 Å². The highest BCUT2D eigenvalue weighted by molar-refractivity contribution is 5.93. The van der Waals surface area contributed by atoms with Gasteiger partial charge in [0.15, 0.2) is 11.5 Å². The van der Waals surface area contributed by atoms with E-state index in [-0.39, 0.29) is 11.6 Å². The largest absolute Gasteiger partial charge is 0.355 e. The highest BCUT2D eigenvalue weighted by Crippen LogP contribution is 2.31. The van der Waals surface area contributed by atoms with Crippen molar-refractivity contribution in [3.63, 3.8) is 0 Å². The van der Waals surface area contributed by atoms with Crippen LogP contribution in [0.2, 0.25) is 0 Å². The maximum atomic E-state index is 13.0. The lowest BCUT2D eigenvalue weighted by molar-refractivity contribution is 0.0942. The van der Waals surface area contributed by atoms with Crippen molar-refractivity contribution < 1.29 is 9.32 Å². The van der Waals surface area contributed by atoms with Gasteiger partial charge in [0.25, 0.3) is 5.91 Å². The Bertz CT molecular complexity index is 1510. The van der Waals surface area contributed by atoms with E-state index < -0.39 is 0 Å². The number of aryl methyl sites for hydroxylation is 4. The number of para-hydroxylation sites is 1. The highest BCUT2D eigenvalue weighted by atomic mass is 16.5. The number of aromatic nitrogens is 3. The van der Waals surface area contributed by atoms with Crippen LogP contribution < -0.4 is 5.32 Å². The van der Waals surface area contributed by atoms with Crippen LogP contribution in [0.4, 0.5) is 0 Å². The molecule has 0 saturated carbocycles. The van der Waals surface area contributed by atoms with E-state index in [0.29, 0.717) is 12.3 Å². The minimum atomic E-state index is -0.298. The van der Waals surface area contributed by atoms with Crippen LogP contribution in [0.25, 0.3) is 28.3 Å².